The van der Waals surface area contributed by atoms with E-state index in [-0.39, 0.29) is 11.2 Å². The molecule has 1 atom stereocenters. The molecule has 1 fully saturated rings. The van der Waals surface area contributed by atoms with E-state index in [1.165, 1.54) is 12.0 Å². The Hall–Kier alpha value is 1.75. The van der Waals surface area contributed by atoms with E-state index in [9.17, 15) is 0 Å². The Morgan fingerprint density at radius 3 is 2.44 bits per heavy atom. The van der Waals surface area contributed by atoms with Gasteiger partial charge in [-0.1, -0.05) is 18.2 Å². The molecule has 0 bridgehead atoms. The van der Waals surface area contributed by atoms with E-state index in [1.807, 2.05) is 18.2 Å². The van der Waals surface area contributed by atoms with Crippen LogP contribution < -0.4 is 4.74 Å². The minimum absolute atomic E-state index is 0.0372. The standard InChI is InChI=1S/C12H16O2.3HI.V/c1-10-6-2-3-7-11(10)14-12-8-4-5-9-13-12;;;;/h2-3,6-7,12H,4-5,8-9H2,1H3;3*1H;/q;;;;+3/p-3. The Kier molecular flexibility index (Phi) is 10.4. The number of para-hydroxylation sites is 1. The molecule has 0 aliphatic carbocycles. The van der Waals surface area contributed by atoms with Gasteiger partial charge in [-0.25, -0.2) is 0 Å². The first-order valence-corrected chi connectivity index (χ1v) is 19.2. The summed E-state index contributed by atoms with van der Waals surface area (Å²) in [4.78, 5) is -0.278. The van der Waals surface area contributed by atoms with Crippen molar-refractivity contribution in [2.45, 2.75) is 32.5 Å². The zero-order chi connectivity index (χ0) is 13.4. The molecule has 0 amide bonds. The van der Waals surface area contributed by atoms with Gasteiger partial charge in [0.25, 0.3) is 0 Å². The fourth-order valence-electron chi connectivity index (χ4n) is 1.63. The first-order valence-electron chi connectivity index (χ1n) is 5.71. The van der Waals surface area contributed by atoms with Crippen LogP contribution in [0.2, 0.25) is 0 Å². The molecule has 0 radical (unpaired) electrons. The van der Waals surface area contributed by atoms with Crippen LogP contribution in [0.1, 0.15) is 24.8 Å². The van der Waals surface area contributed by atoms with Gasteiger partial charge in [0.05, 0.1) is 6.61 Å². The quantitative estimate of drug-likeness (QED) is 0.402. The van der Waals surface area contributed by atoms with Crippen molar-refractivity contribution in [3.8, 4) is 5.75 Å². The van der Waals surface area contributed by atoms with Gasteiger partial charge in [0.2, 0.25) is 0 Å². The number of halogens is 3. The second kappa shape index (κ2) is 10.5. The summed E-state index contributed by atoms with van der Waals surface area (Å²) in [6.45, 7) is 2.88. The third-order valence-corrected chi connectivity index (χ3v) is 2.49. The van der Waals surface area contributed by atoms with Crippen LogP contribution in [0.4, 0.5) is 0 Å². The number of benzene rings is 1. The first kappa shape index (κ1) is 17.8. The van der Waals surface area contributed by atoms with E-state index < -0.39 is 0 Å². The van der Waals surface area contributed by atoms with E-state index in [1.54, 1.807) is 0 Å². The maximum absolute atomic E-state index is 5.76. The molecule has 1 heterocycles. The van der Waals surface area contributed by atoms with Crippen molar-refractivity contribution < 1.29 is 14.4 Å². The Morgan fingerprint density at radius 1 is 1.22 bits per heavy atom. The molecule has 1 aliphatic rings. The van der Waals surface area contributed by atoms with Gasteiger partial charge in [0.1, 0.15) is 5.75 Å². The van der Waals surface area contributed by atoms with Crippen molar-refractivity contribution in [2.24, 2.45) is 0 Å². The van der Waals surface area contributed by atoms with Crippen molar-refractivity contribution in [3.63, 3.8) is 0 Å². The second-order valence-electron chi connectivity index (χ2n) is 3.87. The maximum atomic E-state index is 5.76. The monoisotopic (exact) mass is 624 g/mol. The van der Waals surface area contributed by atoms with Gasteiger partial charge in [-0.05, 0) is 31.4 Å². The average Bonchev–Trinajstić information content (AvgIpc) is 2.33. The van der Waals surface area contributed by atoms with Gasteiger partial charge >= 0.3 is 64.9 Å². The van der Waals surface area contributed by atoms with Crippen LogP contribution in [0, 0.1) is 6.92 Å². The SMILES string of the molecule is Cc1ccccc1OC1CCCCO1.[I][V]([I])[I]. The number of hydrogen-bond donors (Lipinski definition) is 0. The molecule has 1 aromatic rings. The van der Waals surface area contributed by atoms with Gasteiger partial charge in [-0.15, -0.1) is 0 Å². The van der Waals surface area contributed by atoms with E-state index >= 15 is 0 Å². The molecule has 0 N–H and O–H groups in total. The van der Waals surface area contributed by atoms with Crippen LogP contribution in [0.25, 0.3) is 0 Å². The third-order valence-electron chi connectivity index (χ3n) is 2.49. The molecule has 1 aliphatic heterocycles. The zero-order valence-corrected chi connectivity index (χ0v) is 18.0. The van der Waals surface area contributed by atoms with E-state index in [0.717, 1.165) is 25.2 Å². The average molecular weight is 624 g/mol. The first-order chi connectivity index (χ1) is 8.59. The third kappa shape index (κ3) is 8.13. The molecule has 0 spiro atoms. The molecule has 102 valence electrons. The summed E-state index contributed by atoms with van der Waals surface area (Å²) in [6.07, 6.45) is 3.34. The van der Waals surface area contributed by atoms with Crippen molar-refractivity contribution in [1.82, 2.24) is 0 Å². The molecule has 18 heavy (non-hydrogen) atoms. The van der Waals surface area contributed by atoms with E-state index in [2.05, 4.69) is 72.9 Å². The Bertz CT molecular complexity index is 341. The van der Waals surface area contributed by atoms with Crippen LogP contribution in [-0.2, 0) is 9.66 Å². The Morgan fingerprint density at radius 2 is 1.89 bits per heavy atom. The van der Waals surface area contributed by atoms with Crippen molar-refractivity contribution in [1.29, 1.82) is 0 Å². The normalized spacial score (nSPS) is 19.1. The van der Waals surface area contributed by atoms with Crippen LogP contribution >= 0.6 is 59.9 Å². The number of ether oxygens (including phenoxy) is 2. The molecule has 1 unspecified atom stereocenters. The van der Waals surface area contributed by atoms with Crippen LogP contribution in [0.5, 0.6) is 5.75 Å². The van der Waals surface area contributed by atoms with Gasteiger partial charge < -0.3 is 9.47 Å². The molecule has 0 aromatic heterocycles. The Labute approximate surface area is 147 Å². The van der Waals surface area contributed by atoms with Crippen LogP contribution in [0.3, 0.4) is 0 Å². The molecular formula is C12H16I3O2V. The molecule has 0 saturated carbocycles. The fraction of sp³-hybridized carbons (Fsp3) is 0.500. The molecular weight excluding hydrogens is 608 g/mol. The van der Waals surface area contributed by atoms with Gasteiger partial charge in [0.15, 0.2) is 6.29 Å². The number of aryl methyl sites for hydroxylation is 1. The molecule has 2 nitrogen and oxygen atoms in total. The van der Waals surface area contributed by atoms with Crippen LogP contribution in [0.15, 0.2) is 24.3 Å². The summed E-state index contributed by atoms with van der Waals surface area (Å²) in [7, 11) is 0. The van der Waals surface area contributed by atoms with Gasteiger partial charge in [-0.3, -0.25) is 0 Å². The Balaban J connectivity index is 0.000000357. The zero-order valence-electron chi connectivity index (χ0n) is 10.1. The topological polar surface area (TPSA) is 18.5 Å². The van der Waals surface area contributed by atoms with E-state index in [0.29, 0.717) is 0 Å². The second-order valence-corrected chi connectivity index (χ2v) is 39.2. The van der Waals surface area contributed by atoms with Crippen LogP contribution in [-0.4, -0.2) is 12.9 Å². The summed E-state index contributed by atoms with van der Waals surface area (Å²) < 4.78 is 11.3. The molecule has 1 aromatic carbocycles. The predicted molar refractivity (Wildman–Crippen MR) is 97.5 cm³/mol. The van der Waals surface area contributed by atoms with Crippen molar-refractivity contribution in [2.75, 3.05) is 6.61 Å². The minimum atomic E-state index is -0.278. The number of rotatable bonds is 2. The summed E-state index contributed by atoms with van der Waals surface area (Å²) in [6, 6.07) is 8.06. The van der Waals surface area contributed by atoms with Crippen molar-refractivity contribution in [3.05, 3.63) is 29.8 Å². The molecule has 6 heteroatoms. The summed E-state index contributed by atoms with van der Waals surface area (Å²) in [5.74, 6) is 0.944. The number of hydrogen-bond acceptors (Lipinski definition) is 2. The summed E-state index contributed by atoms with van der Waals surface area (Å²) in [5, 5.41) is 0. The van der Waals surface area contributed by atoms with Gasteiger partial charge in [0, 0.05) is 6.42 Å². The van der Waals surface area contributed by atoms with Gasteiger partial charge in [-0.2, -0.15) is 0 Å². The predicted octanol–water partition coefficient (Wildman–Crippen LogP) is 5.56. The molecule has 2 rings (SSSR count). The summed E-state index contributed by atoms with van der Waals surface area (Å²) >= 11 is 7.39. The summed E-state index contributed by atoms with van der Waals surface area (Å²) in [5.41, 5.74) is 1.17. The fourth-order valence-corrected chi connectivity index (χ4v) is 1.63. The van der Waals surface area contributed by atoms with Crippen molar-refractivity contribution >= 4 is 59.9 Å². The van der Waals surface area contributed by atoms with E-state index in [4.69, 9.17) is 9.47 Å². The molecule has 1 saturated heterocycles.